The molecule has 50 heavy (non-hydrogen) atoms. The summed E-state index contributed by atoms with van der Waals surface area (Å²) in [5, 5.41) is 4.31. The van der Waals surface area contributed by atoms with Gasteiger partial charge in [-0.2, -0.15) is 13.2 Å². The molecule has 3 heterocycles. The van der Waals surface area contributed by atoms with Crippen molar-refractivity contribution < 1.29 is 36.4 Å². The van der Waals surface area contributed by atoms with Crippen LogP contribution in [-0.4, -0.2) is 106 Å². The molecule has 0 spiro atoms. The van der Waals surface area contributed by atoms with Gasteiger partial charge in [0.1, 0.15) is 24.7 Å². The lowest BCUT2D eigenvalue weighted by molar-refractivity contribution is -0.126. The number of nitrogens with zero attached hydrogens (tertiary/aromatic N) is 3. The second kappa shape index (κ2) is 15.1. The molecule has 0 aliphatic carbocycles. The number of rotatable bonds is 7. The number of anilines is 2. The fraction of sp³-hybridized carbons (Fsp3) is 0.528. The number of methoxy groups -OCH3 is 1. The van der Waals surface area contributed by atoms with Gasteiger partial charge in [0, 0.05) is 43.8 Å². The summed E-state index contributed by atoms with van der Waals surface area (Å²) in [5.74, 6) is 6.15. The van der Waals surface area contributed by atoms with E-state index in [1.54, 1.807) is 57.2 Å². The van der Waals surface area contributed by atoms with Crippen LogP contribution in [0.3, 0.4) is 0 Å². The number of thiophene rings is 1. The number of benzene rings is 2. The Balaban J connectivity index is 1.51. The first-order valence-corrected chi connectivity index (χ1v) is 19.5. The highest BCUT2D eigenvalue weighted by atomic mass is 32.1. The first kappa shape index (κ1) is 37.9. The largest absolute Gasteiger partial charge is 0.495 e. The Labute approximate surface area is 295 Å². The van der Waals surface area contributed by atoms with Gasteiger partial charge in [0.05, 0.1) is 47.1 Å². The maximum Gasteiger partial charge on any atom is 0.415 e. The molecule has 272 valence electrons. The van der Waals surface area contributed by atoms with E-state index in [0.29, 0.717) is 70.9 Å². The highest BCUT2D eigenvalue weighted by Crippen LogP contribution is 2.47. The van der Waals surface area contributed by atoms with Crippen molar-refractivity contribution >= 4 is 51.3 Å². The van der Waals surface area contributed by atoms with Crippen LogP contribution >= 0.6 is 18.5 Å². The first-order valence-electron chi connectivity index (χ1n) is 16.6. The zero-order valence-electron chi connectivity index (χ0n) is 29.3. The molecule has 2 unspecified atom stereocenters. The molecule has 1 amide bonds. The molecular weight excluding hydrogens is 691 g/mol. The molecular formula is C36H45F4N4O4PS. The van der Waals surface area contributed by atoms with Gasteiger partial charge in [-0.15, -0.1) is 11.3 Å². The average molecular weight is 737 g/mol. The van der Waals surface area contributed by atoms with Gasteiger partial charge in [0.25, 0.3) is 0 Å². The number of carbonyl (C=O) groups is 1. The molecule has 2 aromatic carbocycles. The van der Waals surface area contributed by atoms with Crippen LogP contribution in [0, 0.1) is 11.8 Å². The van der Waals surface area contributed by atoms with Crippen molar-refractivity contribution in [3.63, 3.8) is 0 Å². The van der Waals surface area contributed by atoms with Crippen LogP contribution in [0.5, 0.6) is 5.75 Å². The minimum Gasteiger partial charge on any atom is -0.495 e. The van der Waals surface area contributed by atoms with Gasteiger partial charge >= 0.3 is 12.3 Å². The van der Waals surface area contributed by atoms with Crippen LogP contribution in [-0.2, 0) is 15.7 Å². The Morgan fingerprint density at radius 1 is 1.10 bits per heavy atom. The van der Waals surface area contributed by atoms with E-state index in [0.717, 1.165) is 11.3 Å². The van der Waals surface area contributed by atoms with Crippen LogP contribution in [0.1, 0.15) is 37.6 Å². The van der Waals surface area contributed by atoms with E-state index in [-0.39, 0.29) is 23.5 Å². The van der Waals surface area contributed by atoms with Gasteiger partial charge in [-0.3, -0.25) is 4.90 Å². The number of ether oxygens (including phenoxy) is 2. The molecule has 0 radical (unpaired) electrons. The van der Waals surface area contributed by atoms with Gasteiger partial charge in [-0.1, -0.05) is 24.0 Å². The second-order valence-electron chi connectivity index (χ2n) is 14.1. The van der Waals surface area contributed by atoms with Gasteiger partial charge in [0.2, 0.25) is 0 Å². The summed E-state index contributed by atoms with van der Waals surface area (Å²) in [4.78, 5) is 19.1. The lowest BCUT2D eigenvalue weighted by Crippen LogP contribution is -2.46. The number of hydrogen-bond donors (Lipinski definition) is 1. The number of nitrogens with one attached hydrogen (secondary N) is 1. The highest BCUT2D eigenvalue weighted by molar-refractivity contribution is 7.71. The maximum atomic E-state index is 14.9. The molecule has 0 bridgehead atoms. The van der Waals surface area contributed by atoms with Crippen LogP contribution in [0.2, 0.25) is 0 Å². The summed E-state index contributed by atoms with van der Waals surface area (Å²) in [6.45, 7) is 7.34. The van der Waals surface area contributed by atoms with E-state index < -0.39 is 43.6 Å². The van der Waals surface area contributed by atoms with Crippen LogP contribution < -0.4 is 20.3 Å². The van der Waals surface area contributed by atoms with Gasteiger partial charge in [0.15, 0.2) is 0 Å². The summed E-state index contributed by atoms with van der Waals surface area (Å²) in [7, 11) is 2.62. The molecule has 14 heteroatoms. The van der Waals surface area contributed by atoms with E-state index in [9.17, 15) is 26.9 Å². The third kappa shape index (κ3) is 9.13. The van der Waals surface area contributed by atoms with Gasteiger partial charge in [-0.25, -0.2) is 9.18 Å². The van der Waals surface area contributed by atoms with Crippen LogP contribution in [0.15, 0.2) is 36.4 Å². The molecule has 1 N–H and O–H groups in total. The van der Waals surface area contributed by atoms with E-state index in [1.165, 1.54) is 12.0 Å². The Bertz CT molecular complexity index is 1800. The zero-order chi connectivity index (χ0) is 36.4. The zero-order valence-corrected chi connectivity index (χ0v) is 31.0. The van der Waals surface area contributed by atoms with Crippen LogP contribution in [0.25, 0.3) is 10.1 Å². The standard InChI is InChI=1S/C36H45F4N4O4PS/c1-35(2,3)48-34(45)44(30-13-12-24(21-31(30)47-6)49(46)19-17-42(4)18-20-49)15-8-11-32-26(22-36(38,39)40)25-9-7-10-29(33(25)50-32)41-28-14-16-43(5)23-27(28)37/h7,9-10,12-13,21,27-28,41H,14-20,22-23H2,1-6H3. The number of piperidine rings is 1. The quantitative estimate of drug-likeness (QED) is 0.156. The molecule has 2 fully saturated rings. The average Bonchev–Trinajstić information content (AvgIpc) is 3.37. The smallest absolute Gasteiger partial charge is 0.415 e. The number of carbonyl (C=O) groups excluding carboxylic acids is 1. The number of alkyl halides is 4. The van der Waals surface area contributed by atoms with Crippen molar-refractivity contribution in [2.24, 2.45) is 0 Å². The normalized spacial score (nSPS) is 20.2. The molecule has 3 aromatic rings. The Kier molecular flexibility index (Phi) is 11.5. The lowest BCUT2D eigenvalue weighted by Gasteiger charge is -2.33. The molecule has 1 aromatic heterocycles. The highest BCUT2D eigenvalue weighted by Gasteiger charge is 2.34. The predicted molar refractivity (Wildman–Crippen MR) is 194 cm³/mol. The summed E-state index contributed by atoms with van der Waals surface area (Å²) < 4.78 is 82.4. The third-order valence-corrected chi connectivity index (χ3v) is 13.2. The van der Waals surface area contributed by atoms with Crippen molar-refractivity contribution in [3.8, 4) is 17.6 Å². The Hall–Kier alpha value is -3.30. The predicted octanol–water partition coefficient (Wildman–Crippen LogP) is 7.20. The summed E-state index contributed by atoms with van der Waals surface area (Å²) in [5.41, 5.74) is 0.0701. The van der Waals surface area contributed by atoms with E-state index >= 15 is 0 Å². The summed E-state index contributed by atoms with van der Waals surface area (Å²) >= 11 is 1.11. The Morgan fingerprint density at radius 2 is 1.82 bits per heavy atom. The number of fused-ring (bicyclic) bond motifs is 1. The number of hydrogen-bond acceptors (Lipinski definition) is 8. The fourth-order valence-corrected chi connectivity index (χ4v) is 10.2. The monoisotopic (exact) mass is 736 g/mol. The maximum absolute atomic E-state index is 14.9. The second-order valence-corrected chi connectivity index (χ2v) is 18.3. The van der Waals surface area contributed by atoms with Gasteiger partial charge < -0.3 is 29.2 Å². The topological polar surface area (TPSA) is 74.4 Å². The molecule has 2 aliphatic heterocycles. The van der Waals surface area contributed by atoms with E-state index in [4.69, 9.17) is 9.47 Å². The van der Waals surface area contributed by atoms with Crippen molar-refractivity contribution in [2.45, 2.75) is 57.6 Å². The number of likely N-dealkylation sites (tertiary alicyclic amines) is 1. The molecule has 2 aliphatic rings. The molecule has 0 saturated carbocycles. The fourth-order valence-electron chi connectivity index (χ4n) is 6.23. The summed E-state index contributed by atoms with van der Waals surface area (Å²) in [6, 6.07) is 9.66. The molecule has 2 atom stereocenters. The number of amides is 1. The Morgan fingerprint density at radius 3 is 2.46 bits per heavy atom. The van der Waals surface area contributed by atoms with Crippen molar-refractivity contribution in [2.75, 3.05) is 76.5 Å². The first-order chi connectivity index (χ1) is 23.5. The van der Waals surface area contributed by atoms with Crippen molar-refractivity contribution in [3.05, 3.63) is 46.8 Å². The summed E-state index contributed by atoms with van der Waals surface area (Å²) in [6.07, 6.45) is -5.92. The van der Waals surface area contributed by atoms with E-state index in [1.807, 2.05) is 19.0 Å². The molecule has 2 saturated heterocycles. The molecule has 5 rings (SSSR count). The van der Waals surface area contributed by atoms with Crippen LogP contribution in [0.4, 0.5) is 33.7 Å². The minimum absolute atomic E-state index is 0.0300. The minimum atomic E-state index is -4.50. The third-order valence-electron chi connectivity index (χ3n) is 8.94. The van der Waals surface area contributed by atoms with Crippen molar-refractivity contribution in [1.82, 2.24) is 9.80 Å². The van der Waals surface area contributed by atoms with E-state index in [2.05, 4.69) is 22.1 Å². The molecule has 8 nitrogen and oxygen atoms in total. The number of halogens is 4. The SMILES string of the molecule is COc1cc(P2(=O)CCN(C)CC2)ccc1N(CC#Cc1sc2c(NC3CCN(C)CC3F)cccc2c1CC(F)(F)F)C(=O)OC(C)(C)C. The van der Waals surface area contributed by atoms with Gasteiger partial charge in [-0.05, 0) is 76.5 Å². The van der Waals surface area contributed by atoms with Crippen molar-refractivity contribution in [1.29, 1.82) is 0 Å². The lowest BCUT2D eigenvalue weighted by atomic mass is 10.0.